The van der Waals surface area contributed by atoms with Gasteiger partial charge in [-0.3, -0.25) is 14.5 Å². The standard InChI is InChI=1S/C18H23N3O3S/c1-25-10-9-15-17(23)21(18(24)20-15)11-16(22)19-14-8-4-6-12-5-2-3-7-13(12)14/h2-3,5,7,14-15H,4,6,8-11H2,1H3,(H,19,22)(H,20,24)/t14-,15-/m0/s1. The van der Waals surface area contributed by atoms with Crippen molar-refractivity contribution in [1.82, 2.24) is 15.5 Å². The van der Waals surface area contributed by atoms with Crippen LogP contribution in [0.5, 0.6) is 0 Å². The summed E-state index contributed by atoms with van der Waals surface area (Å²) in [4.78, 5) is 37.7. The molecular weight excluding hydrogens is 338 g/mol. The van der Waals surface area contributed by atoms with Crippen LogP contribution in [-0.4, -0.2) is 47.3 Å². The molecule has 1 heterocycles. The molecule has 2 aliphatic rings. The number of amides is 4. The van der Waals surface area contributed by atoms with E-state index in [1.54, 1.807) is 11.8 Å². The molecule has 1 aromatic carbocycles. The van der Waals surface area contributed by atoms with Crippen molar-refractivity contribution in [1.29, 1.82) is 0 Å². The van der Waals surface area contributed by atoms with E-state index in [9.17, 15) is 14.4 Å². The van der Waals surface area contributed by atoms with Crippen molar-refractivity contribution >= 4 is 29.6 Å². The van der Waals surface area contributed by atoms with Crippen LogP contribution in [0.25, 0.3) is 0 Å². The Morgan fingerprint density at radius 1 is 1.36 bits per heavy atom. The number of hydrogen-bond donors (Lipinski definition) is 2. The smallest absolute Gasteiger partial charge is 0.325 e. The number of aryl methyl sites for hydroxylation is 1. The number of thioether (sulfide) groups is 1. The number of carbonyl (C=O) groups is 3. The Morgan fingerprint density at radius 3 is 2.96 bits per heavy atom. The largest absolute Gasteiger partial charge is 0.348 e. The molecule has 6 nitrogen and oxygen atoms in total. The second kappa shape index (κ2) is 7.91. The van der Waals surface area contributed by atoms with E-state index in [0.717, 1.165) is 35.5 Å². The third-order valence-corrected chi connectivity index (χ3v) is 5.37. The minimum atomic E-state index is -0.511. The lowest BCUT2D eigenvalue weighted by atomic mass is 9.88. The lowest BCUT2D eigenvalue weighted by molar-refractivity contribution is -0.132. The number of nitrogens with one attached hydrogen (secondary N) is 2. The number of benzene rings is 1. The van der Waals surface area contributed by atoms with Gasteiger partial charge in [0, 0.05) is 0 Å². The molecule has 1 fully saturated rings. The van der Waals surface area contributed by atoms with Crippen molar-refractivity contribution in [2.45, 2.75) is 37.8 Å². The summed E-state index contributed by atoms with van der Waals surface area (Å²) in [7, 11) is 0. The van der Waals surface area contributed by atoms with Crippen LogP contribution in [0.4, 0.5) is 4.79 Å². The summed E-state index contributed by atoms with van der Waals surface area (Å²) in [5, 5.41) is 5.64. The molecule has 3 rings (SSSR count). The molecule has 0 spiro atoms. The van der Waals surface area contributed by atoms with Crippen LogP contribution in [0.15, 0.2) is 24.3 Å². The van der Waals surface area contributed by atoms with E-state index in [0.29, 0.717) is 6.42 Å². The summed E-state index contributed by atoms with van der Waals surface area (Å²) in [6.07, 6.45) is 5.45. The van der Waals surface area contributed by atoms with E-state index in [2.05, 4.69) is 16.7 Å². The summed E-state index contributed by atoms with van der Waals surface area (Å²) in [5.74, 6) is 0.184. The molecule has 134 valence electrons. The summed E-state index contributed by atoms with van der Waals surface area (Å²) >= 11 is 1.62. The van der Waals surface area contributed by atoms with Crippen LogP contribution in [0.1, 0.15) is 36.4 Å². The zero-order chi connectivity index (χ0) is 17.8. The number of carbonyl (C=O) groups excluding carboxylic acids is 3. The monoisotopic (exact) mass is 361 g/mol. The van der Waals surface area contributed by atoms with E-state index >= 15 is 0 Å². The topological polar surface area (TPSA) is 78.5 Å². The van der Waals surface area contributed by atoms with Crippen LogP contribution in [-0.2, 0) is 16.0 Å². The predicted molar refractivity (Wildman–Crippen MR) is 97.3 cm³/mol. The fourth-order valence-electron chi connectivity index (χ4n) is 3.45. The Kier molecular flexibility index (Phi) is 5.63. The zero-order valence-electron chi connectivity index (χ0n) is 14.3. The summed E-state index contributed by atoms with van der Waals surface area (Å²) in [6.45, 7) is -0.223. The van der Waals surface area contributed by atoms with Crippen molar-refractivity contribution in [3.63, 3.8) is 0 Å². The van der Waals surface area contributed by atoms with Crippen molar-refractivity contribution in [2.75, 3.05) is 18.6 Å². The van der Waals surface area contributed by atoms with Gasteiger partial charge in [-0.15, -0.1) is 0 Å². The van der Waals surface area contributed by atoms with E-state index in [1.165, 1.54) is 5.56 Å². The van der Waals surface area contributed by atoms with Crippen molar-refractivity contribution in [2.24, 2.45) is 0 Å². The van der Waals surface area contributed by atoms with Crippen LogP contribution in [0.3, 0.4) is 0 Å². The van der Waals surface area contributed by atoms with Gasteiger partial charge in [0.2, 0.25) is 5.91 Å². The maximum atomic E-state index is 12.4. The third-order valence-electron chi connectivity index (χ3n) is 4.72. The minimum Gasteiger partial charge on any atom is -0.348 e. The molecule has 0 radical (unpaired) electrons. The van der Waals surface area contributed by atoms with Crippen LogP contribution < -0.4 is 10.6 Å². The van der Waals surface area contributed by atoms with Crippen molar-refractivity contribution in [3.05, 3.63) is 35.4 Å². The Labute approximate surface area is 151 Å². The first kappa shape index (κ1) is 17.8. The number of imide groups is 1. The van der Waals surface area contributed by atoms with Crippen LogP contribution in [0, 0.1) is 0 Å². The third kappa shape index (κ3) is 3.98. The normalized spacial score (nSPS) is 22.5. The van der Waals surface area contributed by atoms with Gasteiger partial charge in [0.15, 0.2) is 0 Å². The Hall–Kier alpha value is -2.02. The molecule has 2 N–H and O–H groups in total. The van der Waals surface area contributed by atoms with Crippen molar-refractivity contribution < 1.29 is 14.4 Å². The van der Waals surface area contributed by atoms with Gasteiger partial charge < -0.3 is 10.6 Å². The molecular formula is C18H23N3O3S. The summed E-state index contributed by atoms with van der Waals surface area (Å²) < 4.78 is 0. The molecule has 0 saturated carbocycles. The Bertz CT molecular complexity index is 679. The molecule has 1 aromatic rings. The zero-order valence-corrected chi connectivity index (χ0v) is 15.1. The average molecular weight is 361 g/mol. The minimum absolute atomic E-state index is 0.0505. The fraction of sp³-hybridized carbons (Fsp3) is 0.500. The summed E-state index contributed by atoms with van der Waals surface area (Å²) in [5.41, 5.74) is 2.39. The van der Waals surface area contributed by atoms with Crippen LogP contribution >= 0.6 is 11.8 Å². The second-order valence-electron chi connectivity index (χ2n) is 6.42. The van der Waals surface area contributed by atoms with Gasteiger partial charge >= 0.3 is 6.03 Å². The Morgan fingerprint density at radius 2 is 2.16 bits per heavy atom. The fourth-order valence-corrected chi connectivity index (χ4v) is 3.92. The molecule has 2 atom stereocenters. The average Bonchev–Trinajstić information content (AvgIpc) is 2.88. The van der Waals surface area contributed by atoms with Gasteiger partial charge in [-0.05, 0) is 48.8 Å². The highest BCUT2D eigenvalue weighted by Crippen LogP contribution is 2.29. The predicted octanol–water partition coefficient (Wildman–Crippen LogP) is 1.85. The van der Waals surface area contributed by atoms with E-state index in [4.69, 9.17) is 0 Å². The molecule has 1 aliphatic heterocycles. The lowest BCUT2D eigenvalue weighted by Gasteiger charge is -2.27. The molecule has 0 aromatic heterocycles. The number of fused-ring (bicyclic) bond motifs is 1. The number of hydrogen-bond acceptors (Lipinski definition) is 4. The van der Waals surface area contributed by atoms with Gasteiger partial charge in [0.25, 0.3) is 5.91 Å². The van der Waals surface area contributed by atoms with E-state index in [1.807, 2.05) is 24.5 Å². The SMILES string of the molecule is CSCC[C@@H]1NC(=O)N(CC(=O)N[C@H]2CCCc3ccccc32)C1=O. The molecule has 0 bridgehead atoms. The van der Waals surface area contributed by atoms with Gasteiger partial charge in [0.05, 0.1) is 6.04 Å². The van der Waals surface area contributed by atoms with Gasteiger partial charge in [0.1, 0.15) is 12.6 Å². The van der Waals surface area contributed by atoms with Gasteiger partial charge in [-0.1, -0.05) is 24.3 Å². The maximum absolute atomic E-state index is 12.4. The van der Waals surface area contributed by atoms with E-state index in [-0.39, 0.29) is 24.4 Å². The lowest BCUT2D eigenvalue weighted by Crippen LogP contribution is -2.42. The highest BCUT2D eigenvalue weighted by Gasteiger charge is 2.38. The van der Waals surface area contributed by atoms with Gasteiger partial charge in [-0.25, -0.2) is 4.79 Å². The molecule has 0 unspecified atom stereocenters. The van der Waals surface area contributed by atoms with E-state index < -0.39 is 12.1 Å². The number of rotatable bonds is 6. The van der Waals surface area contributed by atoms with Crippen molar-refractivity contribution in [3.8, 4) is 0 Å². The first-order valence-corrected chi connectivity index (χ1v) is 9.97. The van der Waals surface area contributed by atoms with Crippen LogP contribution in [0.2, 0.25) is 0 Å². The quantitative estimate of drug-likeness (QED) is 0.758. The number of urea groups is 1. The van der Waals surface area contributed by atoms with Gasteiger partial charge in [-0.2, -0.15) is 11.8 Å². The molecule has 4 amide bonds. The highest BCUT2D eigenvalue weighted by atomic mass is 32.2. The molecule has 7 heteroatoms. The first-order chi connectivity index (χ1) is 12.1. The summed E-state index contributed by atoms with van der Waals surface area (Å²) in [6, 6.07) is 7.05. The first-order valence-electron chi connectivity index (χ1n) is 8.58. The number of nitrogens with zero attached hydrogens (tertiary/aromatic N) is 1. The molecule has 1 aliphatic carbocycles. The molecule has 25 heavy (non-hydrogen) atoms. The second-order valence-corrected chi connectivity index (χ2v) is 7.40. The maximum Gasteiger partial charge on any atom is 0.325 e. The highest BCUT2D eigenvalue weighted by molar-refractivity contribution is 7.98. The molecule has 1 saturated heterocycles. The Balaban J connectivity index is 1.60.